The van der Waals surface area contributed by atoms with Gasteiger partial charge in [-0.1, -0.05) is 13.8 Å². The Labute approximate surface area is 200 Å². The van der Waals surface area contributed by atoms with Gasteiger partial charge < -0.3 is 10.6 Å². The maximum Gasteiger partial charge on any atom is 0.256 e. The molecule has 32 heavy (non-hydrogen) atoms. The standard InChI is InChI=1S/C20H35Cl2N5O4S/c1-12-5-6-23-15(7-12)9-25-32(30,31)17-8-14(4-3-13(17)2)26-18(28)11-27-20(29)19(22)16(21)10-24-27/h12-17,19,23-25H,3-11H2,1-2H3,(H,26,28). The number of amides is 2. The summed E-state index contributed by atoms with van der Waals surface area (Å²) in [6, 6.07) is -0.114. The van der Waals surface area contributed by atoms with Gasteiger partial charge in [0, 0.05) is 25.2 Å². The second kappa shape index (κ2) is 11.2. The molecule has 2 heterocycles. The van der Waals surface area contributed by atoms with Gasteiger partial charge in [0.25, 0.3) is 5.91 Å². The van der Waals surface area contributed by atoms with E-state index in [2.05, 4.69) is 27.7 Å². The fourth-order valence-corrected chi connectivity index (χ4v) is 7.04. The average Bonchev–Trinajstić information content (AvgIpc) is 2.74. The van der Waals surface area contributed by atoms with Crippen LogP contribution in [0.1, 0.15) is 46.0 Å². The fourth-order valence-electron chi connectivity index (χ4n) is 4.78. The summed E-state index contributed by atoms with van der Waals surface area (Å²) >= 11 is 12.0. The third-order valence-electron chi connectivity index (χ3n) is 6.77. The van der Waals surface area contributed by atoms with Crippen LogP contribution in [0, 0.1) is 11.8 Å². The predicted molar refractivity (Wildman–Crippen MR) is 125 cm³/mol. The molecule has 12 heteroatoms. The van der Waals surface area contributed by atoms with Crippen molar-refractivity contribution in [3.63, 3.8) is 0 Å². The van der Waals surface area contributed by atoms with E-state index in [1.54, 1.807) is 0 Å². The minimum atomic E-state index is -3.52. The van der Waals surface area contributed by atoms with E-state index >= 15 is 0 Å². The highest BCUT2D eigenvalue weighted by Crippen LogP contribution is 2.29. The molecular weight excluding hydrogens is 477 g/mol. The molecule has 3 aliphatic rings. The third-order valence-corrected chi connectivity index (χ3v) is 9.82. The first-order valence-electron chi connectivity index (χ1n) is 11.4. The van der Waals surface area contributed by atoms with Gasteiger partial charge in [-0.15, -0.1) is 23.2 Å². The Balaban J connectivity index is 1.51. The van der Waals surface area contributed by atoms with Crippen LogP contribution in [0.5, 0.6) is 0 Å². The number of nitrogens with zero attached hydrogens (tertiary/aromatic N) is 1. The summed E-state index contributed by atoms with van der Waals surface area (Å²) in [6.45, 7) is 5.52. The zero-order valence-corrected chi connectivity index (χ0v) is 21.0. The molecule has 2 aliphatic heterocycles. The number of nitrogens with one attached hydrogen (secondary N) is 4. The monoisotopic (exact) mass is 511 g/mol. The zero-order valence-electron chi connectivity index (χ0n) is 18.6. The Morgan fingerprint density at radius 3 is 2.66 bits per heavy atom. The Kier molecular flexibility index (Phi) is 9.07. The Hall–Kier alpha value is -0.650. The normalized spacial score (nSPS) is 36.7. The van der Waals surface area contributed by atoms with Gasteiger partial charge in [0.1, 0.15) is 11.9 Å². The van der Waals surface area contributed by atoms with Crippen LogP contribution in [0.2, 0.25) is 0 Å². The van der Waals surface area contributed by atoms with E-state index in [-0.39, 0.29) is 37.0 Å². The second-order valence-electron chi connectivity index (χ2n) is 9.47. The lowest BCUT2D eigenvalue weighted by molar-refractivity contribution is -0.141. The number of rotatable bonds is 7. The smallest absolute Gasteiger partial charge is 0.256 e. The van der Waals surface area contributed by atoms with Gasteiger partial charge in [0.2, 0.25) is 15.9 Å². The van der Waals surface area contributed by atoms with E-state index in [4.69, 9.17) is 23.2 Å². The lowest BCUT2D eigenvalue weighted by Gasteiger charge is -2.36. The lowest BCUT2D eigenvalue weighted by atomic mass is 9.87. The number of hydrazine groups is 1. The van der Waals surface area contributed by atoms with Crippen molar-refractivity contribution >= 4 is 45.0 Å². The van der Waals surface area contributed by atoms with Crippen LogP contribution in [-0.2, 0) is 19.6 Å². The maximum atomic E-state index is 13.0. The summed E-state index contributed by atoms with van der Waals surface area (Å²) in [4.78, 5) is 24.7. The van der Waals surface area contributed by atoms with E-state index in [1.165, 1.54) is 5.01 Å². The molecule has 2 saturated heterocycles. The lowest BCUT2D eigenvalue weighted by Crippen LogP contribution is -2.60. The van der Waals surface area contributed by atoms with E-state index in [0.717, 1.165) is 19.4 Å². The van der Waals surface area contributed by atoms with Gasteiger partial charge in [0.05, 0.1) is 10.6 Å². The number of alkyl halides is 2. The molecule has 2 amide bonds. The summed E-state index contributed by atoms with van der Waals surface area (Å²) < 4.78 is 28.9. The van der Waals surface area contributed by atoms with E-state index in [9.17, 15) is 18.0 Å². The topological polar surface area (TPSA) is 120 Å². The van der Waals surface area contributed by atoms with E-state index < -0.39 is 31.9 Å². The van der Waals surface area contributed by atoms with Crippen molar-refractivity contribution in [1.82, 2.24) is 25.8 Å². The highest BCUT2D eigenvalue weighted by molar-refractivity contribution is 7.90. The highest BCUT2D eigenvalue weighted by atomic mass is 35.5. The SMILES string of the molecule is CC1CCNC(CNS(=O)(=O)C2CC(NC(=O)CN3NCC(Cl)C(Cl)C3=O)CCC2C)C1. The molecule has 0 aromatic rings. The fraction of sp³-hybridized carbons (Fsp3) is 0.900. The first kappa shape index (κ1) is 26.0. The zero-order chi connectivity index (χ0) is 23.5. The van der Waals surface area contributed by atoms with Crippen molar-refractivity contribution in [2.24, 2.45) is 11.8 Å². The summed E-state index contributed by atoms with van der Waals surface area (Å²) in [5.41, 5.74) is 2.80. The minimum Gasteiger partial charge on any atom is -0.352 e. The Morgan fingerprint density at radius 2 is 1.94 bits per heavy atom. The number of hydrogen-bond acceptors (Lipinski definition) is 6. The van der Waals surface area contributed by atoms with Crippen molar-refractivity contribution in [3.05, 3.63) is 0 Å². The van der Waals surface area contributed by atoms with Crippen LogP contribution in [-0.4, -0.2) is 79.5 Å². The first-order valence-corrected chi connectivity index (χ1v) is 13.8. The molecule has 4 N–H and O–H groups in total. The van der Waals surface area contributed by atoms with Crippen LogP contribution < -0.4 is 20.8 Å². The number of carbonyl (C=O) groups excluding carboxylic acids is 2. The number of piperidine rings is 1. The van der Waals surface area contributed by atoms with Crippen molar-refractivity contribution in [1.29, 1.82) is 0 Å². The molecule has 9 nitrogen and oxygen atoms in total. The van der Waals surface area contributed by atoms with Crippen LogP contribution in [0.3, 0.4) is 0 Å². The van der Waals surface area contributed by atoms with Crippen LogP contribution in [0.4, 0.5) is 0 Å². The van der Waals surface area contributed by atoms with Crippen molar-refractivity contribution < 1.29 is 18.0 Å². The molecule has 3 fully saturated rings. The van der Waals surface area contributed by atoms with Crippen LogP contribution >= 0.6 is 23.2 Å². The summed E-state index contributed by atoms with van der Waals surface area (Å²) in [5, 5.41) is 5.46. The Bertz CT molecular complexity index is 786. The maximum absolute atomic E-state index is 13.0. The minimum absolute atomic E-state index is 0.00175. The second-order valence-corrected chi connectivity index (χ2v) is 12.5. The molecule has 7 unspecified atom stereocenters. The van der Waals surface area contributed by atoms with E-state index in [1.807, 2.05) is 6.92 Å². The van der Waals surface area contributed by atoms with Crippen molar-refractivity contribution in [3.8, 4) is 0 Å². The van der Waals surface area contributed by atoms with Crippen molar-refractivity contribution in [2.45, 2.75) is 74.0 Å². The third kappa shape index (κ3) is 6.70. The molecule has 0 spiro atoms. The molecule has 1 saturated carbocycles. The average molecular weight is 513 g/mol. The number of sulfonamides is 1. The molecule has 0 aromatic heterocycles. The molecule has 184 valence electrons. The number of carbonyl (C=O) groups is 2. The van der Waals surface area contributed by atoms with Gasteiger partial charge in [-0.05, 0) is 50.5 Å². The molecule has 0 bridgehead atoms. The summed E-state index contributed by atoms with van der Waals surface area (Å²) in [7, 11) is -3.52. The van der Waals surface area contributed by atoms with Gasteiger partial charge in [-0.25, -0.2) is 18.6 Å². The summed E-state index contributed by atoms with van der Waals surface area (Å²) in [5.74, 6) is -0.209. The van der Waals surface area contributed by atoms with Gasteiger partial charge in [-0.3, -0.25) is 14.6 Å². The molecule has 0 radical (unpaired) electrons. The molecule has 0 aromatic carbocycles. The predicted octanol–water partition coefficient (Wildman–Crippen LogP) is 0.529. The van der Waals surface area contributed by atoms with Gasteiger partial charge in [-0.2, -0.15) is 0 Å². The molecule has 3 rings (SSSR count). The molecule has 7 atom stereocenters. The molecular formula is C20H35Cl2N5O4S. The highest BCUT2D eigenvalue weighted by Gasteiger charge is 2.39. The van der Waals surface area contributed by atoms with Gasteiger partial charge in [0.15, 0.2) is 0 Å². The first-order chi connectivity index (χ1) is 15.1. The molecule has 1 aliphatic carbocycles. The number of hydrogen-bond donors (Lipinski definition) is 4. The Morgan fingerprint density at radius 1 is 1.19 bits per heavy atom. The largest absolute Gasteiger partial charge is 0.352 e. The number of halogens is 2. The van der Waals surface area contributed by atoms with Crippen molar-refractivity contribution in [2.75, 3.05) is 26.2 Å². The quantitative estimate of drug-likeness (QED) is 0.370. The van der Waals surface area contributed by atoms with Crippen LogP contribution in [0.15, 0.2) is 0 Å². The van der Waals surface area contributed by atoms with Crippen LogP contribution in [0.25, 0.3) is 0 Å². The van der Waals surface area contributed by atoms with Gasteiger partial charge >= 0.3 is 0 Å². The summed E-state index contributed by atoms with van der Waals surface area (Å²) in [6.07, 6.45) is 3.82. The van der Waals surface area contributed by atoms with E-state index in [0.29, 0.717) is 31.7 Å².